The van der Waals surface area contributed by atoms with Crippen LogP contribution in [0, 0.1) is 11.8 Å². The van der Waals surface area contributed by atoms with Crippen molar-refractivity contribution in [2.75, 3.05) is 39.6 Å². The second-order valence-corrected chi connectivity index (χ2v) is 31.3. The average Bonchev–Trinajstić information content (AvgIpc) is 1.61. The van der Waals surface area contributed by atoms with E-state index in [1.165, 1.54) is 212 Å². The van der Waals surface area contributed by atoms with Gasteiger partial charge >= 0.3 is 39.5 Å². The van der Waals surface area contributed by atoms with E-state index >= 15 is 0 Å². The standard InChI is InChI=1S/C76H148O17P2/c1-7-9-11-13-15-17-19-20-21-22-23-24-25-28-32-36-42-48-54-60-75(80)92-71(64-87-74(79)59-53-47-41-35-31-29-26-27-30-33-38-44-50-56-68(3)4)66-90-94(82,83)88-62-70(77)63-89-95(84,85)91-67-72(93-76(81)61-55-49-43-37-39-45-51-57-69(5)6)65-86-73(78)58-52-46-40-34-18-16-14-12-10-8-2/h68-72,77H,7-67H2,1-6H3,(H,82,83)(H,84,85)/t70-,71-,72-/m1/s1. The number of hydrogen-bond acceptors (Lipinski definition) is 15. The van der Waals surface area contributed by atoms with Crippen molar-refractivity contribution in [1.82, 2.24) is 0 Å². The van der Waals surface area contributed by atoms with Crippen LogP contribution >= 0.6 is 15.6 Å². The third-order valence-corrected chi connectivity index (χ3v) is 19.6. The van der Waals surface area contributed by atoms with Gasteiger partial charge in [-0.3, -0.25) is 37.3 Å². The van der Waals surface area contributed by atoms with Gasteiger partial charge in [0.1, 0.15) is 19.3 Å². The van der Waals surface area contributed by atoms with Gasteiger partial charge in [0.05, 0.1) is 26.4 Å². The van der Waals surface area contributed by atoms with E-state index in [9.17, 15) is 43.2 Å². The molecule has 0 spiro atoms. The summed E-state index contributed by atoms with van der Waals surface area (Å²) in [5, 5.41) is 10.6. The number of ether oxygens (including phenoxy) is 4. The van der Waals surface area contributed by atoms with Gasteiger partial charge in [0.25, 0.3) is 0 Å². The number of phosphoric acid groups is 2. The van der Waals surface area contributed by atoms with E-state index < -0.39 is 97.5 Å². The summed E-state index contributed by atoms with van der Waals surface area (Å²) in [4.78, 5) is 72.7. The van der Waals surface area contributed by atoms with Gasteiger partial charge in [0.2, 0.25) is 0 Å². The van der Waals surface area contributed by atoms with Crippen LogP contribution in [-0.4, -0.2) is 96.7 Å². The van der Waals surface area contributed by atoms with E-state index in [2.05, 4.69) is 41.5 Å². The fourth-order valence-electron chi connectivity index (χ4n) is 11.7. The van der Waals surface area contributed by atoms with Gasteiger partial charge in [-0.15, -0.1) is 0 Å². The lowest BCUT2D eigenvalue weighted by Gasteiger charge is -2.21. The van der Waals surface area contributed by atoms with Gasteiger partial charge in [-0.1, -0.05) is 343 Å². The van der Waals surface area contributed by atoms with Crippen molar-refractivity contribution >= 4 is 39.5 Å². The van der Waals surface area contributed by atoms with E-state index in [1.54, 1.807) is 0 Å². The lowest BCUT2D eigenvalue weighted by Crippen LogP contribution is -2.30. The number of carbonyl (C=O) groups is 4. The second kappa shape index (κ2) is 67.9. The Balaban J connectivity index is 5.21. The molecule has 0 aliphatic carbocycles. The van der Waals surface area contributed by atoms with Crippen LogP contribution in [0.25, 0.3) is 0 Å². The van der Waals surface area contributed by atoms with Crippen LogP contribution in [-0.2, 0) is 65.4 Å². The number of aliphatic hydroxyl groups excluding tert-OH is 1. The molecule has 0 aliphatic heterocycles. The summed E-state index contributed by atoms with van der Waals surface area (Å²) >= 11 is 0. The van der Waals surface area contributed by atoms with Crippen LogP contribution < -0.4 is 0 Å². The summed E-state index contributed by atoms with van der Waals surface area (Å²) in [6.45, 7) is 9.54. The highest BCUT2D eigenvalue weighted by Crippen LogP contribution is 2.45. The Morgan fingerprint density at radius 1 is 0.284 bits per heavy atom. The topological polar surface area (TPSA) is 237 Å². The Labute approximate surface area is 581 Å². The second-order valence-electron chi connectivity index (χ2n) is 28.3. The minimum Gasteiger partial charge on any atom is -0.462 e. The normalized spacial score (nSPS) is 14.0. The zero-order valence-electron chi connectivity index (χ0n) is 62.0. The van der Waals surface area contributed by atoms with E-state index in [4.69, 9.17) is 37.0 Å². The molecule has 0 saturated heterocycles. The Bertz CT molecular complexity index is 1840. The molecular formula is C76H148O17P2. The van der Waals surface area contributed by atoms with Crippen LogP contribution in [0.2, 0.25) is 0 Å². The molecule has 19 heteroatoms. The van der Waals surface area contributed by atoms with E-state index in [0.717, 1.165) is 95.8 Å². The molecule has 17 nitrogen and oxygen atoms in total. The molecule has 0 aliphatic rings. The Morgan fingerprint density at radius 3 is 0.716 bits per heavy atom. The van der Waals surface area contributed by atoms with Crippen molar-refractivity contribution < 1.29 is 80.2 Å². The molecule has 3 N–H and O–H groups in total. The minimum atomic E-state index is -4.96. The molecule has 5 atom stereocenters. The third-order valence-electron chi connectivity index (χ3n) is 17.7. The van der Waals surface area contributed by atoms with Crippen LogP contribution in [0.3, 0.4) is 0 Å². The number of hydrogen-bond donors (Lipinski definition) is 3. The monoisotopic (exact) mass is 1400 g/mol. The first kappa shape index (κ1) is 93.1. The number of phosphoric ester groups is 2. The number of rotatable bonds is 75. The lowest BCUT2D eigenvalue weighted by atomic mass is 10.0. The molecule has 0 amide bonds. The first-order valence-electron chi connectivity index (χ1n) is 39.5. The van der Waals surface area contributed by atoms with Gasteiger partial charge in [-0.25, -0.2) is 9.13 Å². The lowest BCUT2D eigenvalue weighted by molar-refractivity contribution is -0.161. The first-order chi connectivity index (χ1) is 45.9. The highest BCUT2D eigenvalue weighted by Gasteiger charge is 2.30. The van der Waals surface area contributed by atoms with Crippen molar-refractivity contribution in [3.63, 3.8) is 0 Å². The number of esters is 4. The molecule has 0 saturated carbocycles. The molecule has 0 aromatic carbocycles. The van der Waals surface area contributed by atoms with Gasteiger partial charge in [0, 0.05) is 25.7 Å². The van der Waals surface area contributed by atoms with Gasteiger partial charge in [0.15, 0.2) is 12.2 Å². The zero-order valence-corrected chi connectivity index (χ0v) is 63.8. The zero-order chi connectivity index (χ0) is 70.0. The summed E-state index contributed by atoms with van der Waals surface area (Å²) in [5.41, 5.74) is 0. The average molecular weight is 1400 g/mol. The summed E-state index contributed by atoms with van der Waals surface area (Å²) in [6.07, 6.45) is 55.6. The summed E-state index contributed by atoms with van der Waals surface area (Å²) < 4.78 is 68.5. The maximum atomic E-state index is 13.1. The van der Waals surface area contributed by atoms with Crippen molar-refractivity contribution in [3.8, 4) is 0 Å². The summed E-state index contributed by atoms with van der Waals surface area (Å²) in [5.74, 6) is -0.631. The molecule has 0 fully saturated rings. The molecule has 2 unspecified atom stereocenters. The van der Waals surface area contributed by atoms with Crippen molar-refractivity contribution in [2.24, 2.45) is 11.8 Å². The Morgan fingerprint density at radius 2 is 0.484 bits per heavy atom. The highest BCUT2D eigenvalue weighted by atomic mass is 31.2. The van der Waals surface area contributed by atoms with E-state index in [0.29, 0.717) is 31.6 Å². The summed E-state index contributed by atoms with van der Waals surface area (Å²) in [7, 11) is -9.91. The first-order valence-corrected chi connectivity index (χ1v) is 42.5. The quantitative estimate of drug-likeness (QED) is 0.0222. The Kier molecular flexibility index (Phi) is 66.5. The number of aliphatic hydroxyl groups is 1. The molecule has 0 radical (unpaired) electrons. The van der Waals surface area contributed by atoms with Crippen LogP contribution in [0.1, 0.15) is 395 Å². The molecule has 95 heavy (non-hydrogen) atoms. The van der Waals surface area contributed by atoms with E-state index in [-0.39, 0.29) is 25.7 Å². The van der Waals surface area contributed by atoms with Crippen LogP contribution in [0.5, 0.6) is 0 Å². The van der Waals surface area contributed by atoms with Crippen molar-refractivity contribution in [1.29, 1.82) is 0 Å². The fourth-order valence-corrected chi connectivity index (χ4v) is 13.2. The molecule has 0 rings (SSSR count). The predicted octanol–water partition coefficient (Wildman–Crippen LogP) is 22.3. The third kappa shape index (κ3) is 70.3. The molecule has 0 aromatic rings. The number of unbranched alkanes of at least 4 members (excludes halogenated alkanes) is 45. The molecule has 0 aromatic heterocycles. The predicted molar refractivity (Wildman–Crippen MR) is 386 cm³/mol. The largest absolute Gasteiger partial charge is 0.472 e. The maximum absolute atomic E-state index is 13.1. The van der Waals surface area contributed by atoms with Crippen molar-refractivity contribution in [3.05, 3.63) is 0 Å². The number of carbonyl (C=O) groups excluding carboxylic acids is 4. The van der Waals surface area contributed by atoms with Crippen molar-refractivity contribution in [2.45, 2.75) is 413 Å². The Hall–Kier alpha value is -1.94. The SMILES string of the molecule is CCCCCCCCCCCCCCCCCCCCCC(=O)O[C@H](COC(=O)CCCCCCCCCCCCCCCC(C)C)COP(=O)(O)OC[C@@H](O)COP(=O)(O)OC[C@@H](COC(=O)CCCCCCCCCCCC)OC(=O)CCCCCCCCCC(C)C. The molecular weight excluding hydrogens is 1250 g/mol. The smallest absolute Gasteiger partial charge is 0.462 e. The maximum Gasteiger partial charge on any atom is 0.472 e. The van der Waals surface area contributed by atoms with Gasteiger partial charge < -0.3 is 33.8 Å². The highest BCUT2D eigenvalue weighted by molar-refractivity contribution is 7.47. The molecule has 0 heterocycles. The summed E-state index contributed by atoms with van der Waals surface area (Å²) in [6, 6.07) is 0. The van der Waals surface area contributed by atoms with Gasteiger partial charge in [-0.2, -0.15) is 0 Å². The molecule has 564 valence electrons. The van der Waals surface area contributed by atoms with E-state index in [1.807, 2.05) is 0 Å². The minimum absolute atomic E-state index is 0.104. The van der Waals surface area contributed by atoms with Gasteiger partial charge in [-0.05, 0) is 37.5 Å². The van der Waals surface area contributed by atoms with Crippen LogP contribution in [0.15, 0.2) is 0 Å². The van der Waals surface area contributed by atoms with Crippen LogP contribution in [0.4, 0.5) is 0 Å². The fraction of sp³-hybridized carbons (Fsp3) is 0.947. The molecule has 0 bridgehead atoms.